The fraction of sp³-hybridized carbons (Fsp3) is 0.533. The van der Waals surface area contributed by atoms with Crippen LogP contribution in [0.2, 0.25) is 0 Å². The first-order chi connectivity index (χ1) is 9.44. The van der Waals surface area contributed by atoms with Gasteiger partial charge in [-0.05, 0) is 37.5 Å². The van der Waals surface area contributed by atoms with Crippen molar-refractivity contribution in [3.63, 3.8) is 0 Å². The molecule has 0 saturated carbocycles. The van der Waals surface area contributed by atoms with Crippen LogP contribution in [0.15, 0.2) is 12.1 Å². The molecule has 0 aromatic heterocycles. The average Bonchev–Trinajstić information content (AvgIpc) is 2.46. The number of hydrogen-bond donors (Lipinski definition) is 1. The molecule has 1 unspecified atom stereocenters. The van der Waals surface area contributed by atoms with Gasteiger partial charge in [0.25, 0.3) is 5.91 Å². The van der Waals surface area contributed by atoms with Crippen LogP contribution in [0, 0.1) is 0 Å². The summed E-state index contributed by atoms with van der Waals surface area (Å²) in [6.07, 6.45) is 1.48. The molecule has 1 aliphatic heterocycles. The summed E-state index contributed by atoms with van der Waals surface area (Å²) >= 11 is 0. The summed E-state index contributed by atoms with van der Waals surface area (Å²) < 4.78 is 10.5. The number of amides is 1. The maximum Gasteiger partial charge on any atom is 0.255 e. The minimum atomic E-state index is -0.623. The lowest BCUT2D eigenvalue weighted by Gasteiger charge is -2.40. The molecule has 20 heavy (non-hydrogen) atoms. The van der Waals surface area contributed by atoms with Crippen LogP contribution in [0.5, 0.6) is 11.5 Å². The molecule has 1 amide bonds. The molecule has 0 saturated heterocycles. The highest BCUT2D eigenvalue weighted by molar-refractivity contribution is 5.98. The van der Waals surface area contributed by atoms with Crippen molar-refractivity contribution < 1.29 is 14.3 Å². The molecule has 1 heterocycles. The molecule has 0 fully saturated rings. The molecule has 5 heteroatoms. The van der Waals surface area contributed by atoms with Crippen molar-refractivity contribution in [3.8, 4) is 11.5 Å². The van der Waals surface area contributed by atoms with Crippen molar-refractivity contribution in [3.05, 3.63) is 23.3 Å². The zero-order valence-electron chi connectivity index (χ0n) is 12.5. The van der Waals surface area contributed by atoms with Crippen LogP contribution < -0.4 is 15.2 Å². The van der Waals surface area contributed by atoms with Gasteiger partial charge in [-0.15, -0.1) is 0 Å². The number of carbonyl (C=O) groups is 1. The molecule has 0 aliphatic carbocycles. The Morgan fingerprint density at radius 1 is 1.30 bits per heavy atom. The lowest BCUT2D eigenvalue weighted by molar-refractivity contribution is 0.0489. The highest BCUT2D eigenvalue weighted by Gasteiger charge is 2.35. The minimum Gasteiger partial charge on any atom is -0.493 e. The van der Waals surface area contributed by atoms with Crippen LogP contribution in [0.3, 0.4) is 0 Å². The van der Waals surface area contributed by atoms with E-state index in [9.17, 15) is 4.79 Å². The molecule has 0 radical (unpaired) electrons. The van der Waals surface area contributed by atoms with Gasteiger partial charge in [0, 0.05) is 12.1 Å². The molecule has 110 valence electrons. The third kappa shape index (κ3) is 2.33. The zero-order chi connectivity index (χ0) is 14.9. The molecule has 2 rings (SSSR count). The van der Waals surface area contributed by atoms with Gasteiger partial charge in [0.1, 0.15) is 0 Å². The summed E-state index contributed by atoms with van der Waals surface area (Å²) in [5.41, 5.74) is 7.23. The van der Waals surface area contributed by atoms with Crippen LogP contribution >= 0.6 is 0 Å². The SMILES string of the molecule is CCC(C)(N)N1CCc2cc(OC)c(OC)cc2C1=O. The number of fused-ring (bicyclic) bond motifs is 1. The van der Waals surface area contributed by atoms with Crippen LogP contribution in [-0.4, -0.2) is 37.2 Å². The number of nitrogens with two attached hydrogens (primary N) is 1. The van der Waals surface area contributed by atoms with Crippen molar-refractivity contribution in [2.24, 2.45) is 5.73 Å². The quantitative estimate of drug-likeness (QED) is 0.912. The lowest BCUT2D eigenvalue weighted by atomic mass is 9.95. The van der Waals surface area contributed by atoms with E-state index in [0.717, 1.165) is 12.0 Å². The van der Waals surface area contributed by atoms with Crippen LogP contribution in [-0.2, 0) is 6.42 Å². The molecule has 0 spiro atoms. The van der Waals surface area contributed by atoms with Gasteiger partial charge < -0.3 is 20.1 Å². The minimum absolute atomic E-state index is 0.0425. The van der Waals surface area contributed by atoms with E-state index in [0.29, 0.717) is 30.0 Å². The van der Waals surface area contributed by atoms with Crippen LogP contribution in [0.25, 0.3) is 0 Å². The Bertz CT molecular complexity index is 526. The highest BCUT2D eigenvalue weighted by atomic mass is 16.5. The first-order valence-corrected chi connectivity index (χ1v) is 6.80. The van der Waals surface area contributed by atoms with Crippen molar-refractivity contribution in [2.75, 3.05) is 20.8 Å². The Kier molecular flexibility index (Phi) is 3.90. The van der Waals surface area contributed by atoms with Crippen LogP contribution in [0.1, 0.15) is 36.2 Å². The number of carbonyl (C=O) groups excluding carboxylic acids is 1. The summed E-state index contributed by atoms with van der Waals surface area (Å²) in [6.45, 7) is 4.50. The molecule has 0 bridgehead atoms. The maximum absolute atomic E-state index is 12.6. The number of ether oxygens (including phenoxy) is 2. The molecular weight excluding hydrogens is 256 g/mol. The lowest BCUT2D eigenvalue weighted by Crippen LogP contribution is -2.58. The number of hydrogen-bond acceptors (Lipinski definition) is 4. The monoisotopic (exact) mass is 278 g/mol. The van der Waals surface area contributed by atoms with Crippen molar-refractivity contribution >= 4 is 5.91 Å². The number of benzene rings is 1. The number of nitrogens with zero attached hydrogens (tertiary/aromatic N) is 1. The van der Waals surface area contributed by atoms with E-state index >= 15 is 0 Å². The summed E-state index contributed by atoms with van der Waals surface area (Å²) in [7, 11) is 3.16. The van der Waals surface area contributed by atoms with E-state index in [1.54, 1.807) is 25.2 Å². The van der Waals surface area contributed by atoms with E-state index in [1.165, 1.54) is 0 Å². The second kappa shape index (κ2) is 5.32. The Labute approximate surface area is 119 Å². The molecule has 1 aliphatic rings. The Balaban J connectivity index is 2.44. The van der Waals surface area contributed by atoms with E-state index in [-0.39, 0.29) is 5.91 Å². The highest BCUT2D eigenvalue weighted by Crippen LogP contribution is 2.34. The van der Waals surface area contributed by atoms with Crippen molar-refractivity contribution in [1.29, 1.82) is 0 Å². The van der Waals surface area contributed by atoms with Gasteiger partial charge in [-0.25, -0.2) is 0 Å². The summed E-state index contributed by atoms with van der Waals surface area (Å²) in [5.74, 6) is 1.18. The van der Waals surface area contributed by atoms with Gasteiger partial charge in [-0.3, -0.25) is 4.79 Å². The van der Waals surface area contributed by atoms with Crippen LogP contribution in [0.4, 0.5) is 0 Å². The van der Waals surface area contributed by atoms with Crippen molar-refractivity contribution in [2.45, 2.75) is 32.4 Å². The first kappa shape index (κ1) is 14.7. The normalized spacial score (nSPS) is 17.4. The maximum atomic E-state index is 12.6. The molecule has 2 N–H and O–H groups in total. The Morgan fingerprint density at radius 3 is 2.45 bits per heavy atom. The molecular formula is C15H22N2O3. The molecule has 5 nitrogen and oxygen atoms in total. The Hall–Kier alpha value is -1.75. The Morgan fingerprint density at radius 2 is 1.90 bits per heavy atom. The summed E-state index contributed by atoms with van der Waals surface area (Å²) in [5, 5.41) is 0. The zero-order valence-corrected chi connectivity index (χ0v) is 12.5. The van der Waals surface area contributed by atoms with Gasteiger partial charge in [-0.1, -0.05) is 6.92 Å². The second-order valence-electron chi connectivity index (χ2n) is 5.28. The predicted octanol–water partition coefficient (Wildman–Crippen LogP) is 1.79. The topological polar surface area (TPSA) is 64.8 Å². The standard InChI is InChI=1S/C15H22N2O3/c1-5-15(2,16)17-7-6-10-8-12(19-3)13(20-4)9-11(10)14(17)18/h8-9H,5-7,16H2,1-4H3. The van der Waals surface area contributed by atoms with E-state index in [4.69, 9.17) is 15.2 Å². The largest absolute Gasteiger partial charge is 0.493 e. The average molecular weight is 278 g/mol. The molecule has 1 atom stereocenters. The summed E-state index contributed by atoms with van der Waals surface area (Å²) in [6, 6.07) is 3.62. The van der Waals surface area contributed by atoms with Gasteiger partial charge in [0.2, 0.25) is 0 Å². The van der Waals surface area contributed by atoms with E-state index < -0.39 is 5.66 Å². The van der Waals surface area contributed by atoms with Crippen molar-refractivity contribution in [1.82, 2.24) is 4.90 Å². The van der Waals surface area contributed by atoms with Gasteiger partial charge in [0.15, 0.2) is 11.5 Å². The summed E-state index contributed by atoms with van der Waals surface area (Å²) in [4.78, 5) is 14.4. The van der Waals surface area contributed by atoms with Gasteiger partial charge in [0.05, 0.1) is 19.9 Å². The smallest absolute Gasteiger partial charge is 0.255 e. The van der Waals surface area contributed by atoms with Gasteiger partial charge in [-0.2, -0.15) is 0 Å². The van der Waals surface area contributed by atoms with E-state index in [2.05, 4.69) is 0 Å². The molecule has 1 aromatic rings. The fourth-order valence-electron chi connectivity index (χ4n) is 2.48. The first-order valence-electron chi connectivity index (χ1n) is 6.80. The van der Waals surface area contributed by atoms with Gasteiger partial charge >= 0.3 is 0 Å². The fourth-order valence-corrected chi connectivity index (χ4v) is 2.48. The number of rotatable bonds is 4. The third-order valence-electron chi connectivity index (χ3n) is 4.02. The predicted molar refractivity (Wildman–Crippen MR) is 77.2 cm³/mol. The van der Waals surface area contributed by atoms with E-state index in [1.807, 2.05) is 19.9 Å². The second-order valence-corrected chi connectivity index (χ2v) is 5.28. The third-order valence-corrected chi connectivity index (χ3v) is 4.02. The molecule has 1 aromatic carbocycles. The number of methoxy groups -OCH3 is 2.